The van der Waals surface area contributed by atoms with Crippen LogP contribution in [-0.2, 0) is 17.8 Å². The molecular formula is C26H27ClN3O3+. The summed E-state index contributed by atoms with van der Waals surface area (Å²) in [6.07, 6.45) is 0.0482. The van der Waals surface area contributed by atoms with Gasteiger partial charge in [0.25, 0.3) is 5.89 Å². The molecule has 0 unspecified atom stereocenters. The second-order valence-electron chi connectivity index (χ2n) is 7.85. The van der Waals surface area contributed by atoms with Gasteiger partial charge in [-0.1, -0.05) is 95.6 Å². The Morgan fingerprint density at radius 1 is 0.939 bits per heavy atom. The summed E-state index contributed by atoms with van der Waals surface area (Å²) in [6, 6.07) is 27.3. The summed E-state index contributed by atoms with van der Waals surface area (Å²) in [4.78, 5) is 4.63. The van der Waals surface area contributed by atoms with Crippen LogP contribution in [0.25, 0.3) is 11.4 Å². The van der Waals surface area contributed by atoms with Crippen LogP contribution in [0.15, 0.2) is 89.5 Å². The summed E-state index contributed by atoms with van der Waals surface area (Å²) in [5.41, 5.74) is 2.96. The smallest absolute Gasteiger partial charge is 0.285 e. The number of nitrogens with zero attached hydrogens (tertiary/aromatic N) is 2. The van der Waals surface area contributed by atoms with Crippen molar-refractivity contribution in [3.05, 3.63) is 107 Å². The SMILES string of the molecule is O[C@@H](C[NH2+][C@@H](Cc1ccccc1)c1nc(-c2ccccc2)no1)COCc1ccccc1Cl. The van der Waals surface area contributed by atoms with Crippen LogP contribution in [0.4, 0.5) is 0 Å². The molecule has 1 heterocycles. The lowest BCUT2D eigenvalue weighted by Crippen LogP contribution is -2.88. The van der Waals surface area contributed by atoms with Crippen molar-refractivity contribution >= 4 is 11.6 Å². The lowest BCUT2D eigenvalue weighted by molar-refractivity contribution is -0.704. The third kappa shape index (κ3) is 6.73. The molecule has 0 aliphatic rings. The molecule has 170 valence electrons. The fourth-order valence-corrected chi connectivity index (χ4v) is 3.73. The zero-order valence-electron chi connectivity index (χ0n) is 18.2. The normalized spacial score (nSPS) is 13.0. The molecule has 4 aromatic rings. The third-order valence-corrected chi connectivity index (χ3v) is 5.68. The van der Waals surface area contributed by atoms with Crippen LogP contribution in [0.1, 0.15) is 23.1 Å². The fourth-order valence-electron chi connectivity index (χ4n) is 3.54. The van der Waals surface area contributed by atoms with E-state index in [4.69, 9.17) is 20.9 Å². The second kappa shape index (κ2) is 11.7. The Morgan fingerprint density at radius 2 is 1.64 bits per heavy atom. The van der Waals surface area contributed by atoms with Crippen molar-refractivity contribution < 1.29 is 19.7 Å². The topological polar surface area (TPSA) is 85.0 Å². The van der Waals surface area contributed by atoms with E-state index in [2.05, 4.69) is 22.3 Å². The van der Waals surface area contributed by atoms with E-state index in [1.807, 2.05) is 78.1 Å². The minimum atomic E-state index is -0.651. The van der Waals surface area contributed by atoms with Gasteiger partial charge in [-0.15, -0.1) is 0 Å². The lowest BCUT2D eigenvalue weighted by atomic mass is 10.1. The van der Waals surface area contributed by atoms with Crippen LogP contribution >= 0.6 is 11.6 Å². The first-order chi connectivity index (χ1) is 16.2. The summed E-state index contributed by atoms with van der Waals surface area (Å²) >= 11 is 6.16. The molecule has 0 saturated heterocycles. The number of hydrogen-bond donors (Lipinski definition) is 2. The van der Waals surface area contributed by atoms with E-state index >= 15 is 0 Å². The third-order valence-electron chi connectivity index (χ3n) is 5.31. The van der Waals surface area contributed by atoms with Gasteiger partial charge in [0.05, 0.1) is 13.2 Å². The van der Waals surface area contributed by atoms with E-state index in [0.717, 1.165) is 16.7 Å². The van der Waals surface area contributed by atoms with Crippen molar-refractivity contribution in [3.63, 3.8) is 0 Å². The van der Waals surface area contributed by atoms with Gasteiger partial charge in [-0.25, -0.2) is 0 Å². The van der Waals surface area contributed by atoms with Crippen molar-refractivity contribution in [2.75, 3.05) is 13.2 Å². The number of nitrogens with two attached hydrogens (primary N) is 1. The maximum absolute atomic E-state index is 10.5. The van der Waals surface area contributed by atoms with Crippen molar-refractivity contribution in [3.8, 4) is 11.4 Å². The molecule has 0 amide bonds. The van der Waals surface area contributed by atoms with E-state index in [1.54, 1.807) is 0 Å². The van der Waals surface area contributed by atoms with E-state index in [0.29, 0.717) is 36.3 Å². The molecule has 0 spiro atoms. The van der Waals surface area contributed by atoms with Gasteiger partial charge in [-0.3, -0.25) is 0 Å². The van der Waals surface area contributed by atoms with E-state index < -0.39 is 6.10 Å². The number of halogens is 1. The molecule has 0 aliphatic carbocycles. The Morgan fingerprint density at radius 3 is 2.39 bits per heavy atom. The van der Waals surface area contributed by atoms with Gasteiger partial charge in [0.2, 0.25) is 5.82 Å². The first-order valence-electron chi connectivity index (χ1n) is 10.9. The van der Waals surface area contributed by atoms with Crippen molar-refractivity contribution in [2.45, 2.75) is 25.2 Å². The van der Waals surface area contributed by atoms with Gasteiger partial charge in [-0.05, 0) is 17.2 Å². The summed E-state index contributed by atoms with van der Waals surface area (Å²) in [6.45, 7) is 0.996. The zero-order chi connectivity index (χ0) is 22.9. The molecule has 1 aromatic heterocycles. The van der Waals surface area contributed by atoms with Crippen LogP contribution in [0.3, 0.4) is 0 Å². The first kappa shape index (κ1) is 23.1. The second-order valence-corrected chi connectivity index (χ2v) is 8.26. The Kier molecular flexibility index (Phi) is 8.22. The zero-order valence-corrected chi connectivity index (χ0v) is 18.9. The number of ether oxygens (including phenoxy) is 1. The van der Waals surface area contributed by atoms with E-state index in [-0.39, 0.29) is 12.6 Å². The largest absolute Gasteiger partial charge is 0.385 e. The summed E-state index contributed by atoms with van der Waals surface area (Å²) in [7, 11) is 0. The average molecular weight is 465 g/mol. The molecule has 0 fully saturated rings. The van der Waals surface area contributed by atoms with Gasteiger partial charge in [0, 0.05) is 17.0 Å². The molecule has 6 nitrogen and oxygen atoms in total. The Labute approximate surface area is 198 Å². The minimum Gasteiger partial charge on any atom is -0.385 e. The lowest BCUT2D eigenvalue weighted by Gasteiger charge is -2.15. The molecule has 0 saturated carbocycles. The summed E-state index contributed by atoms with van der Waals surface area (Å²) in [5, 5.41) is 17.3. The van der Waals surface area contributed by atoms with Gasteiger partial charge in [-0.2, -0.15) is 4.98 Å². The molecule has 33 heavy (non-hydrogen) atoms. The van der Waals surface area contributed by atoms with Crippen molar-refractivity contribution in [2.24, 2.45) is 0 Å². The van der Waals surface area contributed by atoms with Crippen LogP contribution in [0.5, 0.6) is 0 Å². The number of benzene rings is 3. The Bertz CT molecular complexity index is 1120. The maximum atomic E-state index is 10.5. The highest BCUT2D eigenvalue weighted by atomic mass is 35.5. The molecule has 0 bridgehead atoms. The molecule has 4 rings (SSSR count). The van der Waals surface area contributed by atoms with E-state index in [1.165, 1.54) is 0 Å². The Balaban J connectivity index is 1.38. The summed E-state index contributed by atoms with van der Waals surface area (Å²) < 4.78 is 11.3. The maximum Gasteiger partial charge on any atom is 0.285 e. The standard InChI is InChI=1S/C26H26ClN3O3/c27-23-14-8-7-13-21(23)17-32-18-22(31)16-28-24(15-19-9-3-1-4-10-19)26-29-25(30-33-26)20-11-5-2-6-12-20/h1-14,22,24,28,31H,15-18H2/p+1/t22-,24-/m0/s1. The number of hydrogen-bond acceptors (Lipinski definition) is 5. The fraction of sp³-hybridized carbons (Fsp3) is 0.231. The predicted molar refractivity (Wildman–Crippen MR) is 127 cm³/mol. The van der Waals surface area contributed by atoms with Crippen molar-refractivity contribution in [1.82, 2.24) is 10.1 Å². The van der Waals surface area contributed by atoms with Crippen LogP contribution in [-0.4, -0.2) is 34.5 Å². The number of rotatable bonds is 11. The molecule has 2 atom stereocenters. The number of quaternary nitrogens is 1. The van der Waals surface area contributed by atoms with Crippen LogP contribution in [0.2, 0.25) is 5.02 Å². The van der Waals surface area contributed by atoms with Gasteiger partial charge < -0.3 is 19.7 Å². The monoisotopic (exact) mass is 464 g/mol. The van der Waals surface area contributed by atoms with Gasteiger partial charge >= 0.3 is 0 Å². The number of aliphatic hydroxyl groups excluding tert-OH is 1. The molecule has 7 heteroatoms. The van der Waals surface area contributed by atoms with Gasteiger partial charge in [0.1, 0.15) is 12.6 Å². The average Bonchev–Trinajstić information content (AvgIpc) is 3.34. The highest BCUT2D eigenvalue weighted by Crippen LogP contribution is 2.19. The van der Waals surface area contributed by atoms with Crippen LogP contribution in [0, 0.1) is 0 Å². The quantitative estimate of drug-likeness (QED) is 0.352. The highest BCUT2D eigenvalue weighted by molar-refractivity contribution is 6.31. The molecule has 3 N–H and O–H groups in total. The minimum absolute atomic E-state index is 0.129. The highest BCUT2D eigenvalue weighted by Gasteiger charge is 2.24. The van der Waals surface area contributed by atoms with E-state index in [9.17, 15) is 5.11 Å². The van der Waals surface area contributed by atoms with Gasteiger partial charge in [0.15, 0.2) is 6.04 Å². The number of aromatic nitrogens is 2. The van der Waals surface area contributed by atoms with Crippen molar-refractivity contribution in [1.29, 1.82) is 0 Å². The predicted octanol–water partition coefficient (Wildman–Crippen LogP) is 3.81. The summed E-state index contributed by atoms with van der Waals surface area (Å²) in [5.74, 6) is 1.09. The Hall–Kier alpha value is -3.03. The molecule has 0 aliphatic heterocycles. The molecule has 3 aromatic carbocycles. The van der Waals surface area contributed by atoms with Crippen LogP contribution < -0.4 is 5.32 Å². The molecule has 0 radical (unpaired) electrons. The molecular weight excluding hydrogens is 438 g/mol. The number of aliphatic hydroxyl groups is 1. The first-order valence-corrected chi connectivity index (χ1v) is 11.3.